The third kappa shape index (κ3) is 1.77. The Morgan fingerprint density at radius 2 is 2.55 bits per heavy atom. The molecule has 2 aliphatic rings. The van der Waals surface area contributed by atoms with Crippen molar-refractivity contribution in [3.63, 3.8) is 0 Å². The van der Waals surface area contributed by atoms with Gasteiger partial charge < -0.3 is 5.32 Å². The minimum atomic E-state index is 1.00. The summed E-state index contributed by atoms with van der Waals surface area (Å²) in [6.07, 6.45) is 4.69. The highest BCUT2D eigenvalue weighted by atomic mass is 32.2. The topological polar surface area (TPSA) is 24.4 Å². The summed E-state index contributed by atoms with van der Waals surface area (Å²) < 4.78 is 0. The quantitative estimate of drug-likeness (QED) is 0.640. The summed E-state index contributed by atoms with van der Waals surface area (Å²) in [7, 11) is 0. The molecule has 0 aromatic carbocycles. The van der Waals surface area contributed by atoms with Crippen molar-refractivity contribution in [1.29, 1.82) is 0 Å². The average Bonchev–Trinajstić information content (AvgIpc) is 2.60. The molecule has 0 aromatic heterocycles. The molecule has 0 saturated carbocycles. The minimum absolute atomic E-state index is 1.00. The fraction of sp³-hybridized carbons (Fsp3) is 0.625. The van der Waals surface area contributed by atoms with E-state index < -0.39 is 0 Å². The number of hydrogen-bond acceptors (Lipinski definition) is 3. The second-order valence-electron chi connectivity index (χ2n) is 2.77. The lowest BCUT2D eigenvalue weighted by Gasteiger charge is -1.96. The highest BCUT2D eigenvalue weighted by Gasteiger charge is 2.08. The van der Waals surface area contributed by atoms with Gasteiger partial charge in [-0.05, 0) is 18.9 Å². The summed E-state index contributed by atoms with van der Waals surface area (Å²) in [5, 5.41) is 4.57. The van der Waals surface area contributed by atoms with Gasteiger partial charge in [-0.1, -0.05) is 0 Å². The standard InChI is InChI=1S/C8H12N2S/c1-2-7(9-3-1)6-8-10-4-5-11-8/h6,9H,1-5H2. The van der Waals surface area contributed by atoms with E-state index in [0.29, 0.717) is 0 Å². The van der Waals surface area contributed by atoms with Crippen LogP contribution in [-0.2, 0) is 0 Å². The van der Waals surface area contributed by atoms with Crippen LogP contribution in [0.25, 0.3) is 0 Å². The first-order valence-corrected chi connectivity index (χ1v) is 5.05. The van der Waals surface area contributed by atoms with Crippen molar-refractivity contribution in [2.24, 2.45) is 4.99 Å². The maximum Gasteiger partial charge on any atom is 0.0922 e. The summed E-state index contributed by atoms with van der Waals surface area (Å²) in [5.74, 6) is 1.17. The first kappa shape index (κ1) is 7.22. The van der Waals surface area contributed by atoms with Gasteiger partial charge >= 0.3 is 0 Å². The van der Waals surface area contributed by atoms with Crippen LogP contribution in [0, 0.1) is 0 Å². The van der Waals surface area contributed by atoms with E-state index in [1.807, 2.05) is 11.8 Å². The minimum Gasteiger partial charge on any atom is -0.388 e. The number of nitrogens with one attached hydrogen (secondary N) is 1. The number of allylic oxidation sites excluding steroid dienone is 1. The number of rotatable bonds is 1. The van der Waals surface area contributed by atoms with E-state index in [1.165, 1.54) is 29.3 Å². The van der Waals surface area contributed by atoms with Crippen molar-refractivity contribution in [1.82, 2.24) is 5.32 Å². The second kappa shape index (κ2) is 3.30. The van der Waals surface area contributed by atoms with E-state index in [0.717, 1.165) is 13.1 Å². The van der Waals surface area contributed by atoms with Crippen molar-refractivity contribution in [2.75, 3.05) is 18.8 Å². The van der Waals surface area contributed by atoms with Crippen molar-refractivity contribution in [3.8, 4) is 0 Å². The number of nitrogens with zero attached hydrogens (tertiary/aromatic N) is 1. The third-order valence-electron chi connectivity index (χ3n) is 1.88. The molecule has 60 valence electrons. The number of hydrogen-bond donors (Lipinski definition) is 1. The van der Waals surface area contributed by atoms with E-state index in [2.05, 4.69) is 16.4 Å². The molecule has 0 bridgehead atoms. The molecule has 2 heterocycles. The van der Waals surface area contributed by atoms with Crippen LogP contribution in [0.3, 0.4) is 0 Å². The fourth-order valence-electron chi connectivity index (χ4n) is 1.33. The lowest BCUT2D eigenvalue weighted by atomic mass is 10.3. The van der Waals surface area contributed by atoms with Gasteiger partial charge in [0, 0.05) is 24.5 Å². The molecule has 2 nitrogen and oxygen atoms in total. The maximum absolute atomic E-state index is 4.36. The second-order valence-corrected chi connectivity index (χ2v) is 3.88. The van der Waals surface area contributed by atoms with Crippen LogP contribution < -0.4 is 5.32 Å². The Balaban J connectivity index is 2.00. The first-order valence-electron chi connectivity index (χ1n) is 4.07. The van der Waals surface area contributed by atoms with Gasteiger partial charge in [-0.15, -0.1) is 11.8 Å². The number of thioether (sulfide) groups is 1. The lowest BCUT2D eigenvalue weighted by molar-refractivity contribution is 0.904. The summed E-state index contributed by atoms with van der Waals surface area (Å²) in [5.41, 5.74) is 1.37. The highest BCUT2D eigenvalue weighted by molar-refractivity contribution is 8.14. The molecule has 1 fully saturated rings. The molecule has 0 atom stereocenters. The molecule has 1 N–H and O–H groups in total. The molecule has 2 aliphatic heterocycles. The molecule has 1 saturated heterocycles. The van der Waals surface area contributed by atoms with Crippen LogP contribution in [-0.4, -0.2) is 23.9 Å². The van der Waals surface area contributed by atoms with Crippen LogP contribution >= 0.6 is 11.8 Å². The van der Waals surface area contributed by atoms with Gasteiger partial charge in [0.2, 0.25) is 0 Å². The average molecular weight is 168 g/mol. The maximum atomic E-state index is 4.36. The van der Waals surface area contributed by atoms with Crippen molar-refractivity contribution in [2.45, 2.75) is 12.8 Å². The van der Waals surface area contributed by atoms with Crippen LogP contribution in [0.2, 0.25) is 0 Å². The molecule has 3 heteroatoms. The van der Waals surface area contributed by atoms with Gasteiger partial charge in [-0.3, -0.25) is 4.99 Å². The molecular formula is C8H12N2S. The Hall–Kier alpha value is -0.440. The van der Waals surface area contributed by atoms with E-state index >= 15 is 0 Å². The lowest BCUT2D eigenvalue weighted by Crippen LogP contribution is -2.04. The van der Waals surface area contributed by atoms with Crippen LogP contribution in [0.5, 0.6) is 0 Å². The third-order valence-corrected chi connectivity index (χ3v) is 2.81. The Bertz CT molecular complexity index is 200. The van der Waals surface area contributed by atoms with Crippen molar-refractivity contribution in [3.05, 3.63) is 11.8 Å². The van der Waals surface area contributed by atoms with Crippen molar-refractivity contribution < 1.29 is 0 Å². The van der Waals surface area contributed by atoms with E-state index in [1.54, 1.807) is 0 Å². The highest BCUT2D eigenvalue weighted by Crippen LogP contribution is 2.16. The van der Waals surface area contributed by atoms with E-state index in [9.17, 15) is 0 Å². The van der Waals surface area contributed by atoms with Gasteiger partial charge in [-0.25, -0.2) is 0 Å². The van der Waals surface area contributed by atoms with E-state index in [-0.39, 0.29) is 0 Å². The molecular weight excluding hydrogens is 156 g/mol. The van der Waals surface area contributed by atoms with Crippen LogP contribution in [0.15, 0.2) is 16.8 Å². The largest absolute Gasteiger partial charge is 0.388 e. The first-order chi connectivity index (χ1) is 5.45. The Morgan fingerprint density at radius 3 is 3.18 bits per heavy atom. The van der Waals surface area contributed by atoms with Gasteiger partial charge in [0.25, 0.3) is 0 Å². The van der Waals surface area contributed by atoms with Gasteiger partial charge in [-0.2, -0.15) is 0 Å². The summed E-state index contributed by atoms with van der Waals surface area (Å²) in [6.45, 7) is 2.15. The van der Waals surface area contributed by atoms with Crippen LogP contribution in [0.4, 0.5) is 0 Å². The van der Waals surface area contributed by atoms with E-state index in [4.69, 9.17) is 0 Å². The Labute approximate surface area is 71.2 Å². The molecule has 0 aliphatic carbocycles. The molecule has 2 rings (SSSR count). The molecule has 11 heavy (non-hydrogen) atoms. The molecule has 0 spiro atoms. The molecule has 0 aromatic rings. The molecule has 0 unspecified atom stereocenters. The zero-order chi connectivity index (χ0) is 7.52. The zero-order valence-corrected chi connectivity index (χ0v) is 7.28. The SMILES string of the molecule is C(=C1CCCN1)C1=NCCS1. The monoisotopic (exact) mass is 168 g/mol. The zero-order valence-electron chi connectivity index (χ0n) is 6.47. The van der Waals surface area contributed by atoms with Crippen LogP contribution in [0.1, 0.15) is 12.8 Å². The summed E-state index contributed by atoms with van der Waals surface area (Å²) >= 11 is 1.86. The molecule has 0 amide bonds. The summed E-state index contributed by atoms with van der Waals surface area (Å²) in [4.78, 5) is 4.36. The summed E-state index contributed by atoms with van der Waals surface area (Å²) in [6, 6.07) is 0. The fourth-order valence-corrected chi connectivity index (χ4v) is 2.13. The Morgan fingerprint density at radius 1 is 1.55 bits per heavy atom. The van der Waals surface area contributed by atoms with Gasteiger partial charge in [0.05, 0.1) is 5.04 Å². The smallest absolute Gasteiger partial charge is 0.0922 e. The Kier molecular flexibility index (Phi) is 2.17. The van der Waals surface area contributed by atoms with Gasteiger partial charge in [0.15, 0.2) is 0 Å². The molecule has 0 radical (unpaired) electrons. The predicted octanol–water partition coefficient (Wildman–Crippen LogP) is 1.40. The number of aliphatic imine (C=N–C) groups is 1. The predicted molar refractivity (Wildman–Crippen MR) is 50.1 cm³/mol. The van der Waals surface area contributed by atoms with Gasteiger partial charge in [0.1, 0.15) is 0 Å². The van der Waals surface area contributed by atoms with Crippen molar-refractivity contribution >= 4 is 16.8 Å². The normalized spacial score (nSPS) is 27.3.